The highest BCUT2D eigenvalue weighted by Gasteiger charge is 2.45. The van der Waals surface area contributed by atoms with E-state index < -0.39 is 0 Å². The van der Waals surface area contributed by atoms with Crippen molar-refractivity contribution < 1.29 is 4.74 Å². The number of nitrogens with one attached hydrogen (secondary N) is 1. The molecule has 0 spiro atoms. The Kier molecular flexibility index (Phi) is 3.18. The lowest BCUT2D eigenvalue weighted by Gasteiger charge is -2.27. The van der Waals surface area contributed by atoms with Gasteiger partial charge in [-0.25, -0.2) is 0 Å². The van der Waals surface area contributed by atoms with Crippen molar-refractivity contribution in [2.45, 2.75) is 83.7 Å². The molecule has 1 saturated carbocycles. The minimum atomic E-state index is -0.136. The van der Waals surface area contributed by atoms with Gasteiger partial charge in [-0.1, -0.05) is 0 Å². The summed E-state index contributed by atoms with van der Waals surface area (Å²) < 4.78 is 8.42. The Morgan fingerprint density at radius 1 is 1.25 bits per heavy atom. The molecule has 2 heterocycles. The van der Waals surface area contributed by atoms with Crippen LogP contribution < -0.4 is 5.32 Å². The van der Waals surface area contributed by atoms with Gasteiger partial charge in [0.1, 0.15) is 11.6 Å². The largest absolute Gasteiger partial charge is 0.368 e. The number of rotatable bonds is 4. The molecular weight excluding hydrogens is 252 g/mol. The maximum absolute atomic E-state index is 6.13. The second kappa shape index (κ2) is 4.53. The van der Waals surface area contributed by atoms with Crippen molar-refractivity contribution in [3.63, 3.8) is 0 Å². The average molecular weight is 278 g/mol. The fourth-order valence-corrected chi connectivity index (χ4v) is 3.44. The summed E-state index contributed by atoms with van der Waals surface area (Å²) in [5.41, 5.74) is -0.190. The Hall–Kier alpha value is -0.940. The lowest BCUT2D eigenvalue weighted by molar-refractivity contribution is -0.0699. The van der Waals surface area contributed by atoms with Crippen LogP contribution in [0.1, 0.15) is 64.6 Å². The summed E-state index contributed by atoms with van der Waals surface area (Å²) in [7, 11) is 0. The van der Waals surface area contributed by atoms with Crippen LogP contribution in [-0.4, -0.2) is 32.0 Å². The van der Waals surface area contributed by atoms with Crippen LogP contribution >= 0.6 is 0 Å². The molecule has 1 N–H and O–H groups in total. The highest BCUT2D eigenvalue weighted by Crippen LogP contribution is 2.38. The van der Waals surface area contributed by atoms with Gasteiger partial charge in [-0.3, -0.25) is 0 Å². The summed E-state index contributed by atoms with van der Waals surface area (Å²) in [5, 5.41) is 12.2. The van der Waals surface area contributed by atoms with E-state index >= 15 is 0 Å². The molecule has 1 aliphatic heterocycles. The number of aryl methyl sites for hydroxylation is 1. The zero-order chi connectivity index (χ0) is 14.5. The maximum atomic E-state index is 6.13. The predicted molar refractivity (Wildman–Crippen MR) is 77.5 cm³/mol. The van der Waals surface area contributed by atoms with Crippen molar-refractivity contribution in [2.24, 2.45) is 0 Å². The Bertz CT molecular complexity index is 502. The van der Waals surface area contributed by atoms with Crippen LogP contribution in [0.4, 0.5) is 0 Å². The van der Waals surface area contributed by atoms with Gasteiger partial charge in [0.15, 0.2) is 0 Å². The maximum Gasteiger partial charge on any atom is 0.147 e. The minimum absolute atomic E-state index is 0.0543. The molecule has 1 atom stereocenters. The van der Waals surface area contributed by atoms with Crippen LogP contribution in [0.15, 0.2) is 0 Å². The molecule has 112 valence electrons. The summed E-state index contributed by atoms with van der Waals surface area (Å²) in [6.07, 6.45) is 3.55. The molecular formula is C15H26N4O. The third-order valence-electron chi connectivity index (χ3n) is 4.43. The molecule has 0 radical (unpaired) electrons. The van der Waals surface area contributed by atoms with Crippen molar-refractivity contribution >= 4 is 0 Å². The highest BCUT2D eigenvalue weighted by atomic mass is 16.5. The SMILES string of the molecule is Cc1nnc(CNC2CC(C)(C)OC2(C)C)n1C1CC1. The Morgan fingerprint density at radius 2 is 1.95 bits per heavy atom. The van der Waals surface area contributed by atoms with Gasteiger partial charge in [0.05, 0.1) is 17.7 Å². The summed E-state index contributed by atoms with van der Waals surface area (Å²) in [6.45, 7) is 11.5. The Morgan fingerprint density at radius 3 is 2.50 bits per heavy atom. The normalized spacial score (nSPS) is 27.9. The molecule has 0 amide bonds. The van der Waals surface area contributed by atoms with Crippen LogP contribution in [0.5, 0.6) is 0 Å². The number of nitrogens with zero attached hydrogens (tertiary/aromatic N) is 3. The van der Waals surface area contributed by atoms with E-state index in [4.69, 9.17) is 4.74 Å². The summed E-state index contributed by atoms with van der Waals surface area (Å²) in [6, 6.07) is 0.980. The molecule has 1 aliphatic carbocycles. The van der Waals surface area contributed by atoms with Crippen molar-refractivity contribution in [2.75, 3.05) is 0 Å². The first-order chi connectivity index (χ1) is 9.28. The van der Waals surface area contributed by atoms with Crippen LogP contribution in [0.2, 0.25) is 0 Å². The van der Waals surface area contributed by atoms with Crippen LogP contribution in [0, 0.1) is 6.92 Å². The lowest BCUT2D eigenvalue weighted by Crippen LogP contribution is -2.43. The average Bonchev–Trinajstić information content (AvgIpc) is 3.03. The lowest BCUT2D eigenvalue weighted by atomic mass is 9.94. The molecule has 1 aromatic rings. The summed E-state index contributed by atoms with van der Waals surface area (Å²) in [4.78, 5) is 0. The zero-order valence-corrected chi connectivity index (χ0v) is 13.2. The van der Waals surface area contributed by atoms with E-state index in [1.165, 1.54) is 12.8 Å². The van der Waals surface area contributed by atoms with E-state index in [9.17, 15) is 0 Å². The number of hydrogen-bond donors (Lipinski definition) is 1. The number of aromatic nitrogens is 3. The molecule has 2 fully saturated rings. The van der Waals surface area contributed by atoms with Crippen molar-refractivity contribution in [1.29, 1.82) is 0 Å². The highest BCUT2D eigenvalue weighted by molar-refractivity contribution is 5.04. The molecule has 3 rings (SSSR count). The fourth-order valence-electron chi connectivity index (χ4n) is 3.44. The third kappa shape index (κ3) is 2.61. The molecule has 5 heteroatoms. The summed E-state index contributed by atoms with van der Waals surface area (Å²) >= 11 is 0. The van der Waals surface area contributed by atoms with Gasteiger partial charge in [-0.15, -0.1) is 10.2 Å². The first-order valence-corrected chi connectivity index (χ1v) is 7.62. The molecule has 2 aliphatic rings. The fraction of sp³-hybridized carbons (Fsp3) is 0.867. The number of ether oxygens (including phenoxy) is 1. The van der Waals surface area contributed by atoms with Crippen molar-refractivity contribution in [3.05, 3.63) is 11.6 Å². The van der Waals surface area contributed by atoms with Crippen LogP contribution in [-0.2, 0) is 11.3 Å². The van der Waals surface area contributed by atoms with Gasteiger partial charge in [-0.05, 0) is 53.9 Å². The van der Waals surface area contributed by atoms with Gasteiger partial charge in [0.25, 0.3) is 0 Å². The quantitative estimate of drug-likeness (QED) is 0.918. The second-order valence-corrected chi connectivity index (χ2v) is 7.37. The molecule has 20 heavy (non-hydrogen) atoms. The number of hydrogen-bond acceptors (Lipinski definition) is 4. The Labute approximate surface area is 121 Å². The van der Waals surface area contributed by atoms with E-state index in [0.29, 0.717) is 12.1 Å². The molecule has 0 bridgehead atoms. The second-order valence-electron chi connectivity index (χ2n) is 7.37. The van der Waals surface area contributed by atoms with E-state index in [2.05, 4.69) is 47.8 Å². The smallest absolute Gasteiger partial charge is 0.147 e. The van der Waals surface area contributed by atoms with Crippen LogP contribution in [0.3, 0.4) is 0 Å². The minimum Gasteiger partial charge on any atom is -0.368 e. The van der Waals surface area contributed by atoms with E-state index in [0.717, 1.165) is 24.6 Å². The summed E-state index contributed by atoms with van der Waals surface area (Å²) in [5.74, 6) is 2.09. The van der Waals surface area contributed by atoms with E-state index in [1.54, 1.807) is 0 Å². The standard InChI is InChI=1S/C15H26N4O/c1-10-17-18-13(19(10)11-6-7-11)9-16-12-8-14(2,3)20-15(12,4)5/h11-12,16H,6-9H2,1-5H3. The van der Waals surface area contributed by atoms with Gasteiger partial charge in [-0.2, -0.15) is 0 Å². The van der Waals surface area contributed by atoms with Gasteiger partial charge >= 0.3 is 0 Å². The molecule has 1 unspecified atom stereocenters. The Balaban J connectivity index is 1.68. The van der Waals surface area contributed by atoms with Crippen molar-refractivity contribution in [3.8, 4) is 0 Å². The molecule has 5 nitrogen and oxygen atoms in total. The first-order valence-electron chi connectivity index (χ1n) is 7.62. The first kappa shape index (κ1) is 14.0. The van der Waals surface area contributed by atoms with Crippen LogP contribution in [0.25, 0.3) is 0 Å². The predicted octanol–water partition coefficient (Wildman–Crippen LogP) is 2.36. The van der Waals surface area contributed by atoms with Gasteiger partial charge in [0, 0.05) is 12.1 Å². The van der Waals surface area contributed by atoms with Gasteiger partial charge in [0.2, 0.25) is 0 Å². The third-order valence-corrected chi connectivity index (χ3v) is 4.43. The van der Waals surface area contributed by atoms with E-state index in [1.807, 2.05) is 6.92 Å². The van der Waals surface area contributed by atoms with Gasteiger partial charge < -0.3 is 14.6 Å². The molecule has 0 aromatic carbocycles. The monoisotopic (exact) mass is 278 g/mol. The van der Waals surface area contributed by atoms with E-state index in [-0.39, 0.29) is 11.2 Å². The zero-order valence-electron chi connectivity index (χ0n) is 13.2. The molecule has 1 aromatic heterocycles. The molecule has 1 saturated heterocycles. The topological polar surface area (TPSA) is 52.0 Å². The van der Waals surface area contributed by atoms with Crippen molar-refractivity contribution in [1.82, 2.24) is 20.1 Å².